The van der Waals surface area contributed by atoms with Gasteiger partial charge in [0.05, 0.1) is 25.5 Å². The Balaban J connectivity index is 4.29. The van der Waals surface area contributed by atoms with Gasteiger partial charge in [0, 0.05) is 6.54 Å². The van der Waals surface area contributed by atoms with Crippen molar-refractivity contribution in [3.05, 3.63) is 0 Å². The van der Waals surface area contributed by atoms with Crippen LogP contribution < -0.4 is 0 Å². The van der Waals surface area contributed by atoms with Gasteiger partial charge in [-0.15, -0.1) is 0 Å². The van der Waals surface area contributed by atoms with Crippen LogP contribution in [-0.2, 0) is 13.6 Å². The summed E-state index contributed by atoms with van der Waals surface area (Å²) in [7, 11) is -3.13. The molecule has 0 rings (SSSR count). The predicted molar refractivity (Wildman–Crippen MR) is 69.5 cm³/mol. The molecule has 1 atom stereocenters. The zero-order chi connectivity index (χ0) is 13.3. The average Bonchev–Trinajstić information content (AvgIpc) is 2.26. The van der Waals surface area contributed by atoms with Crippen LogP contribution in [0.5, 0.6) is 0 Å². The highest BCUT2D eigenvalue weighted by Crippen LogP contribution is 2.48. The maximum Gasteiger partial charge on any atom is 0.333 e. The van der Waals surface area contributed by atoms with Crippen molar-refractivity contribution in [3.63, 3.8) is 0 Å². The maximum absolute atomic E-state index is 12.2. The summed E-state index contributed by atoms with van der Waals surface area (Å²) in [4.78, 5) is 2.08. The zero-order valence-electron chi connectivity index (χ0n) is 11.4. The number of likely N-dealkylation sites (N-methyl/N-ethyl adjacent to an activating group) is 1. The highest BCUT2D eigenvalue weighted by atomic mass is 31.2. The predicted octanol–water partition coefficient (Wildman–Crippen LogP) is 1.96. The second-order valence-electron chi connectivity index (χ2n) is 3.77. The van der Waals surface area contributed by atoms with Gasteiger partial charge in [-0.3, -0.25) is 4.57 Å². The van der Waals surface area contributed by atoms with Crippen LogP contribution in [0.25, 0.3) is 0 Å². The maximum atomic E-state index is 12.2. The lowest BCUT2D eigenvalue weighted by molar-refractivity contribution is 0.123. The third-order valence-electron chi connectivity index (χ3n) is 2.45. The average molecular weight is 267 g/mol. The van der Waals surface area contributed by atoms with E-state index in [-0.39, 0.29) is 6.16 Å². The molecule has 104 valence electrons. The number of hydrogen-bond acceptors (Lipinski definition) is 5. The molecule has 0 saturated heterocycles. The molecule has 5 nitrogen and oxygen atoms in total. The molecule has 0 aromatic rings. The fourth-order valence-electron chi connectivity index (χ4n) is 1.63. The van der Waals surface area contributed by atoms with Crippen molar-refractivity contribution >= 4 is 7.60 Å². The standard InChI is InChI=1S/C11H26NO4P/c1-5-12(6-2)9-11(13)10-17(14,15-7-3)16-8-4/h11,13H,5-10H2,1-4H3. The minimum atomic E-state index is -3.13. The van der Waals surface area contributed by atoms with E-state index in [0.717, 1.165) is 13.1 Å². The first-order chi connectivity index (χ1) is 8.01. The Labute approximate surface area is 105 Å². The molecule has 0 bridgehead atoms. The Kier molecular flexibility index (Phi) is 9.10. The Morgan fingerprint density at radius 3 is 1.94 bits per heavy atom. The van der Waals surface area contributed by atoms with E-state index in [0.29, 0.717) is 19.8 Å². The molecule has 1 N–H and O–H groups in total. The fraction of sp³-hybridized carbons (Fsp3) is 1.00. The smallest absolute Gasteiger partial charge is 0.333 e. The quantitative estimate of drug-likeness (QED) is 0.613. The lowest BCUT2D eigenvalue weighted by Gasteiger charge is -2.24. The second kappa shape index (κ2) is 9.06. The van der Waals surface area contributed by atoms with E-state index < -0.39 is 13.7 Å². The van der Waals surface area contributed by atoms with Crippen LogP contribution in [0.1, 0.15) is 27.7 Å². The summed E-state index contributed by atoms with van der Waals surface area (Å²) in [5.41, 5.74) is 0. The number of rotatable bonds is 10. The third kappa shape index (κ3) is 7.17. The Morgan fingerprint density at radius 2 is 1.59 bits per heavy atom. The van der Waals surface area contributed by atoms with Gasteiger partial charge in [-0.25, -0.2) is 0 Å². The van der Waals surface area contributed by atoms with Crippen molar-refractivity contribution in [2.45, 2.75) is 33.8 Å². The minimum absolute atomic E-state index is 0.0607. The Hall–Kier alpha value is 0.0700. The van der Waals surface area contributed by atoms with Crippen LogP contribution in [0.4, 0.5) is 0 Å². The summed E-state index contributed by atoms with van der Waals surface area (Å²) >= 11 is 0. The molecule has 0 radical (unpaired) electrons. The normalized spacial score (nSPS) is 14.2. The lowest BCUT2D eigenvalue weighted by Crippen LogP contribution is -2.34. The van der Waals surface area contributed by atoms with Crippen molar-refractivity contribution in [2.75, 3.05) is 39.0 Å². The summed E-state index contributed by atoms with van der Waals surface area (Å²) in [6.07, 6.45) is -0.621. The SMILES string of the molecule is CCOP(=O)(CC(O)CN(CC)CC)OCC. The highest BCUT2D eigenvalue weighted by molar-refractivity contribution is 7.53. The number of nitrogens with zero attached hydrogens (tertiary/aromatic N) is 1. The van der Waals surface area contributed by atoms with Crippen molar-refractivity contribution < 1.29 is 18.7 Å². The van der Waals surface area contributed by atoms with Crippen molar-refractivity contribution in [1.82, 2.24) is 4.90 Å². The molecule has 0 aromatic heterocycles. The molecule has 0 heterocycles. The van der Waals surface area contributed by atoms with Crippen molar-refractivity contribution in [1.29, 1.82) is 0 Å². The van der Waals surface area contributed by atoms with Crippen LogP contribution in [0, 0.1) is 0 Å². The highest BCUT2D eigenvalue weighted by Gasteiger charge is 2.28. The van der Waals surface area contributed by atoms with E-state index in [1.165, 1.54) is 0 Å². The molecular formula is C11H26NO4P. The Bertz CT molecular complexity index is 224. The van der Waals surface area contributed by atoms with Crippen LogP contribution in [0.15, 0.2) is 0 Å². The molecule has 0 fully saturated rings. The minimum Gasteiger partial charge on any atom is -0.391 e. The molecule has 6 heteroatoms. The van der Waals surface area contributed by atoms with E-state index in [1.54, 1.807) is 13.8 Å². The largest absolute Gasteiger partial charge is 0.391 e. The van der Waals surface area contributed by atoms with Gasteiger partial charge >= 0.3 is 7.60 Å². The van der Waals surface area contributed by atoms with Gasteiger partial charge in [-0.05, 0) is 26.9 Å². The van der Waals surface area contributed by atoms with Crippen LogP contribution in [0.2, 0.25) is 0 Å². The second-order valence-corrected chi connectivity index (χ2v) is 5.87. The molecule has 0 aliphatic rings. The Morgan fingerprint density at radius 1 is 1.12 bits per heavy atom. The summed E-state index contributed by atoms with van der Waals surface area (Å²) < 4.78 is 22.4. The van der Waals surface area contributed by atoms with Gasteiger partial charge in [0.1, 0.15) is 0 Å². The van der Waals surface area contributed by atoms with Crippen molar-refractivity contribution in [2.24, 2.45) is 0 Å². The fourth-order valence-corrected chi connectivity index (χ4v) is 3.34. The van der Waals surface area contributed by atoms with Gasteiger partial charge in [-0.1, -0.05) is 13.8 Å². The van der Waals surface area contributed by atoms with E-state index in [2.05, 4.69) is 4.90 Å². The summed E-state index contributed by atoms with van der Waals surface area (Å²) in [6.45, 7) is 10.5. The molecule has 17 heavy (non-hydrogen) atoms. The van der Waals surface area contributed by atoms with Gasteiger partial charge in [0.15, 0.2) is 0 Å². The van der Waals surface area contributed by atoms with Gasteiger partial charge < -0.3 is 19.1 Å². The van der Waals surface area contributed by atoms with Gasteiger partial charge in [-0.2, -0.15) is 0 Å². The van der Waals surface area contributed by atoms with Crippen LogP contribution in [-0.4, -0.2) is 55.1 Å². The molecule has 0 aliphatic carbocycles. The first kappa shape index (κ1) is 17.1. The molecular weight excluding hydrogens is 241 g/mol. The first-order valence-electron chi connectivity index (χ1n) is 6.29. The van der Waals surface area contributed by atoms with Gasteiger partial charge in [0.2, 0.25) is 0 Å². The molecule has 0 saturated carbocycles. The summed E-state index contributed by atoms with van der Waals surface area (Å²) in [5.74, 6) is 0. The molecule has 0 aliphatic heterocycles. The van der Waals surface area contributed by atoms with E-state index in [9.17, 15) is 9.67 Å². The molecule has 1 unspecified atom stereocenters. The zero-order valence-corrected chi connectivity index (χ0v) is 12.3. The summed E-state index contributed by atoms with van der Waals surface area (Å²) in [5, 5.41) is 9.90. The summed E-state index contributed by atoms with van der Waals surface area (Å²) in [6, 6.07) is 0. The molecule has 0 aromatic carbocycles. The number of aliphatic hydroxyl groups is 1. The number of hydrogen-bond donors (Lipinski definition) is 1. The van der Waals surface area contributed by atoms with Gasteiger partial charge in [0.25, 0.3) is 0 Å². The first-order valence-corrected chi connectivity index (χ1v) is 8.02. The van der Waals surface area contributed by atoms with E-state index in [1.807, 2.05) is 13.8 Å². The monoisotopic (exact) mass is 267 g/mol. The molecule has 0 spiro atoms. The number of aliphatic hydroxyl groups excluding tert-OH is 1. The van der Waals surface area contributed by atoms with Crippen molar-refractivity contribution in [3.8, 4) is 0 Å². The van der Waals surface area contributed by atoms with E-state index in [4.69, 9.17) is 9.05 Å². The lowest BCUT2D eigenvalue weighted by atomic mass is 10.3. The van der Waals surface area contributed by atoms with E-state index >= 15 is 0 Å². The third-order valence-corrected chi connectivity index (χ3v) is 4.62. The van der Waals surface area contributed by atoms with Crippen LogP contribution in [0.3, 0.4) is 0 Å². The molecule has 0 amide bonds. The van der Waals surface area contributed by atoms with Crippen LogP contribution >= 0.6 is 7.60 Å². The topological polar surface area (TPSA) is 59.0 Å².